The third kappa shape index (κ3) is 9.88. The maximum absolute atomic E-state index is 14.0. The Labute approximate surface area is 385 Å². The van der Waals surface area contributed by atoms with Crippen LogP contribution < -0.4 is 41.0 Å². The molecule has 6 aromatic rings. The molecule has 2 N–H and O–H groups in total. The molecule has 2 unspecified atom stereocenters. The molecule has 6 heterocycles. The van der Waals surface area contributed by atoms with Crippen molar-refractivity contribution < 1.29 is 19.1 Å². The molecule has 2 fully saturated rings. The van der Waals surface area contributed by atoms with Crippen LogP contribution in [0.1, 0.15) is 65.5 Å². The smallest absolute Gasteiger partial charge is 0.293 e. The number of nitrogens with zero attached hydrogens (tertiary/aromatic N) is 8. The van der Waals surface area contributed by atoms with E-state index in [9.17, 15) is 19.2 Å². The molecule has 0 radical (unpaired) electrons. The Morgan fingerprint density at radius 3 is 1.86 bits per heavy atom. The first-order valence-electron chi connectivity index (χ1n) is 21.9. The highest BCUT2D eigenvalue weighted by molar-refractivity contribution is 6.34. The zero-order chi connectivity index (χ0) is 46.1. The number of fused-ring (bicyclic) bond motifs is 2. The Kier molecular flexibility index (Phi) is 13.3. The summed E-state index contributed by atoms with van der Waals surface area (Å²) >= 11 is 13.6. The first-order chi connectivity index (χ1) is 31.1. The van der Waals surface area contributed by atoms with Crippen LogP contribution in [-0.2, 0) is 30.1 Å². The minimum absolute atomic E-state index is 0.00272. The second kappa shape index (κ2) is 19.1. The number of hydrogen-bond donors (Lipinski definition) is 2. The topological polar surface area (TPSA) is 179 Å². The summed E-state index contributed by atoms with van der Waals surface area (Å²) in [5.41, 5.74) is 2.12. The van der Waals surface area contributed by atoms with Gasteiger partial charge in [-0.2, -0.15) is 9.97 Å². The lowest BCUT2D eigenvalue weighted by molar-refractivity contribution is -0.124. The number of rotatable bonds is 14. The molecule has 2 aliphatic rings. The monoisotopic (exact) mass is 922 g/mol. The quantitative estimate of drug-likeness (QED) is 0.108. The third-order valence-electron chi connectivity index (χ3n) is 12.2. The number of aromatic nitrogens is 6. The maximum Gasteiger partial charge on any atom is 0.293 e. The van der Waals surface area contributed by atoms with E-state index in [4.69, 9.17) is 47.6 Å². The van der Waals surface area contributed by atoms with E-state index >= 15 is 0 Å². The van der Waals surface area contributed by atoms with E-state index in [0.717, 1.165) is 58.3 Å². The second-order valence-electron chi connectivity index (χ2n) is 17.0. The van der Waals surface area contributed by atoms with Crippen molar-refractivity contribution in [1.82, 2.24) is 29.1 Å². The zero-order valence-electron chi connectivity index (χ0n) is 37.3. The van der Waals surface area contributed by atoms with E-state index in [-0.39, 0.29) is 45.9 Å². The van der Waals surface area contributed by atoms with Gasteiger partial charge in [0, 0.05) is 62.4 Å². The van der Waals surface area contributed by atoms with Gasteiger partial charge < -0.3 is 39.0 Å². The Balaban J connectivity index is 1.03. The molecule has 0 spiro atoms. The van der Waals surface area contributed by atoms with E-state index in [1.54, 1.807) is 58.4 Å². The molecular weight excluding hydrogens is 871 g/mol. The molecule has 0 saturated carbocycles. The molecule has 16 nitrogen and oxygen atoms in total. The van der Waals surface area contributed by atoms with Crippen molar-refractivity contribution in [1.29, 1.82) is 0 Å². The molecule has 340 valence electrons. The van der Waals surface area contributed by atoms with E-state index in [1.165, 1.54) is 16.1 Å². The van der Waals surface area contributed by atoms with E-state index < -0.39 is 17.8 Å². The SMILES string of the molecule is CC(=O)C(C)Oc1cc2cc(Nc3nc(N4CCCCC4)nc(CC(=O)C(C)Oc4cc5cc(Nc6nc(N7CCC(C)CC7)ncc6Cl)ccc5n(C)c4=O)c3Cl)ccc2n(C)c1=O. The van der Waals surface area contributed by atoms with Crippen LogP contribution in [0.25, 0.3) is 21.8 Å². The molecule has 65 heavy (non-hydrogen) atoms. The maximum atomic E-state index is 14.0. The number of pyridine rings is 2. The molecule has 2 atom stereocenters. The average molecular weight is 924 g/mol. The van der Waals surface area contributed by atoms with Crippen LogP contribution in [0.3, 0.4) is 0 Å². The van der Waals surface area contributed by atoms with Crippen molar-refractivity contribution in [3.05, 3.63) is 91.2 Å². The fraction of sp³-hybridized carbons (Fsp3) is 0.404. The minimum atomic E-state index is -1.05. The number of ether oxygens (including phenoxy) is 2. The molecular formula is C47H52Cl2N10O6. The van der Waals surface area contributed by atoms with Gasteiger partial charge in [0.1, 0.15) is 10.0 Å². The van der Waals surface area contributed by atoms with Gasteiger partial charge in [-0.3, -0.25) is 19.2 Å². The predicted octanol–water partition coefficient (Wildman–Crippen LogP) is 7.93. The summed E-state index contributed by atoms with van der Waals surface area (Å²) in [5, 5.41) is 8.51. The largest absolute Gasteiger partial charge is 0.477 e. The summed E-state index contributed by atoms with van der Waals surface area (Å²) in [7, 11) is 3.29. The van der Waals surface area contributed by atoms with Gasteiger partial charge in [0.15, 0.2) is 46.9 Å². The van der Waals surface area contributed by atoms with Crippen molar-refractivity contribution in [2.75, 3.05) is 46.6 Å². The summed E-state index contributed by atoms with van der Waals surface area (Å²) in [5.74, 6) is 1.96. The Morgan fingerprint density at radius 1 is 0.738 bits per heavy atom. The Hall–Kier alpha value is -6.26. The Morgan fingerprint density at radius 2 is 1.28 bits per heavy atom. The van der Waals surface area contributed by atoms with E-state index in [2.05, 4.69) is 32.3 Å². The number of ketones is 2. The molecule has 4 aromatic heterocycles. The first kappa shape index (κ1) is 45.3. The lowest BCUT2D eigenvalue weighted by Crippen LogP contribution is -2.34. The summed E-state index contributed by atoms with van der Waals surface area (Å²) in [6.45, 7) is 10.1. The molecule has 0 aliphatic carbocycles. The predicted molar refractivity (Wildman–Crippen MR) is 255 cm³/mol. The molecule has 18 heteroatoms. The lowest BCUT2D eigenvalue weighted by atomic mass is 10.00. The average Bonchev–Trinajstić information content (AvgIpc) is 3.29. The van der Waals surface area contributed by atoms with Crippen LogP contribution in [-0.4, -0.2) is 79.0 Å². The third-order valence-corrected chi connectivity index (χ3v) is 12.9. The Bertz CT molecular complexity index is 2930. The molecule has 2 aromatic carbocycles. The fourth-order valence-electron chi connectivity index (χ4n) is 8.06. The van der Waals surface area contributed by atoms with Gasteiger partial charge in [-0.15, -0.1) is 0 Å². The highest BCUT2D eigenvalue weighted by Crippen LogP contribution is 2.33. The molecule has 0 amide bonds. The summed E-state index contributed by atoms with van der Waals surface area (Å²) in [4.78, 5) is 75.7. The van der Waals surface area contributed by atoms with Gasteiger partial charge in [0.25, 0.3) is 11.1 Å². The number of anilines is 6. The number of carbonyl (C=O) groups is 2. The molecule has 0 bridgehead atoms. The summed E-state index contributed by atoms with van der Waals surface area (Å²) in [6.07, 6.45) is 4.72. The van der Waals surface area contributed by atoms with Crippen molar-refractivity contribution in [2.24, 2.45) is 20.0 Å². The summed E-state index contributed by atoms with van der Waals surface area (Å²) in [6, 6.07) is 14.2. The van der Waals surface area contributed by atoms with Crippen molar-refractivity contribution in [2.45, 2.75) is 78.4 Å². The zero-order valence-corrected chi connectivity index (χ0v) is 38.8. The number of hydrogen-bond acceptors (Lipinski definition) is 14. The van der Waals surface area contributed by atoms with Crippen LogP contribution in [0.5, 0.6) is 11.5 Å². The van der Waals surface area contributed by atoms with Gasteiger partial charge in [-0.05, 0) is 107 Å². The summed E-state index contributed by atoms with van der Waals surface area (Å²) < 4.78 is 14.8. The van der Waals surface area contributed by atoms with Crippen LogP contribution in [0, 0.1) is 5.92 Å². The number of carbonyl (C=O) groups excluding carboxylic acids is 2. The number of piperidine rings is 2. The number of benzene rings is 2. The van der Waals surface area contributed by atoms with Crippen molar-refractivity contribution in [3.63, 3.8) is 0 Å². The van der Waals surface area contributed by atoms with Crippen LogP contribution in [0.4, 0.5) is 34.9 Å². The number of nitrogens with one attached hydrogen (secondary N) is 2. The fourth-order valence-corrected chi connectivity index (χ4v) is 8.40. The van der Waals surface area contributed by atoms with Gasteiger partial charge in [-0.25, -0.2) is 9.97 Å². The molecule has 8 rings (SSSR count). The van der Waals surface area contributed by atoms with Gasteiger partial charge >= 0.3 is 0 Å². The van der Waals surface area contributed by atoms with Crippen LogP contribution in [0.15, 0.2) is 64.3 Å². The number of aryl methyl sites for hydroxylation is 2. The van der Waals surface area contributed by atoms with Crippen LogP contribution >= 0.6 is 23.2 Å². The second-order valence-corrected chi connectivity index (χ2v) is 17.8. The van der Waals surface area contributed by atoms with Gasteiger partial charge in [-0.1, -0.05) is 30.1 Å². The van der Waals surface area contributed by atoms with Crippen molar-refractivity contribution >= 4 is 91.5 Å². The highest BCUT2D eigenvalue weighted by Gasteiger charge is 2.25. The number of halogens is 2. The molecule has 2 saturated heterocycles. The van der Waals surface area contributed by atoms with E-state index in [1.807, 2.05) is 24.3 Å². The normalized spacial score (nSPS) is 15.5. The highest BCUT2D eigenvalue weighted by atomic mass is 35.5. The van der Waals surface area contributed by atoms with Gasteiger partial charge in [0.05, 0.1) is 29.3 Å². The van der Waals surface area contributed by atoms with Crippen LogP contribution in [0.2, 0.25) is 10.0 Å². The first-order valence-corrected chi connectivity index (χ1v) is 22.7. The standard InChI is InChI=1S/C47H52Cl2N10O6/c1-26-14-18-59(19-15-26)46-50-25-34(48)42(54-46)51-32-10-12-36-30(20-32)23-40(45(63)57(36)6)65-29(4)38(61)24-35-41(49)43(55-47(53-35)58-16-8-7-9-17-58)52-33-11-13-37-31(21-33)22-39(44(62)56(37)5)64-28(3)27(2)60/h10-13,20-23,25-26,28-29H,7-9,14-19,24H2,1-6H3,(H,50,51,54)(H,52,53,55). The number of Topliss-reactive ketones (excluding diaryl/α,β-unsaturated/α-hetero) is 2. The lowest BCUT2D eigenvalue weighted by Gasteiger charge is -2.30. The van der Waals surface area contributed by atoms with Crippen molar-refractivity contribution in [3.8, 4) is 11.5 Å². The van der Waals surface area contributed by atoms with Gasteiger partial charge in [0.2, 0.25) is 11.9 Å². The minimum Gasteiger partial charge on any atom is -0.477 e. The molecule has 2 aliphatic heterocycles. The van der Waals surface area contributed by atoms with E-state index in [0.29, 0.717) is 67.5 Å².